The molecule has 0 radical (unpaired) electrons. The summed E-state index contributed by atoms with van der Waals surface area (Å²) in [7, 11) is 0. The zero-order chi connectivity index (χ0) is 16.1. The first-order chi connectivity index (χ1) is 10.5. The molecule has 0 aromatic heterocycles. The molecule has 2 aromatic rings. The lowest BCUT2D eigenvalue weighted by molar-refractivity contribution is -0.118. The largest absolute Gasteiger partial charge is 0.483 e. The van der Waals surface area contributed by atoms with Crippen molar-refractivity contribution in [3.8, 4) is 5.75 Å². The summed E-state index contributed by atoms with van der Waals surface area (Å²) in [5.74, 6) is 0.0428. The molecule has 22 heavy (non-hydrogen) atoms. The molecular weight excluding hydrogens is 346 g/mol. The van der Waals surface area contributed by atoms with Gasteiger partial charge in [0.05, 0.1) is 5.56 Å². The number of amides is 1. The SMILES string of the molecule is CC(=O)c1ccccc1OCC(=O)Nc1ccc(Br)cc1C. The predicted molar refractivity (Wildman–Crippen MR) is 89.5 cm³/mol. The number of ether oxygens (including phenoxy) is 1. The van der Waals surface area contributed by atoms with Gasteiger partial charge in [-0.2, -0.15) is 0 Å². The number of Topliss-reactive ketones (excluding diaryl/α,β-unsaturated/α-hetero) is 1. The molecule has 0 aliphatic heterocycles. The topological polar surface area (TPSA) is 55.4 Å². The van der Waals surface area contributed by atoms with Crippen molar-refractivity contribution in [1.29, 1.82) is 0 Å². The first kappa shape index (κ1) is 16.2. The average molecular weight is 362 g/mol. The number of para-hydroxylation sites is 1. The summed E-state index contributed by atoms with van der Waals surface area (Å²) in [4.78, 5) is 23.5. The van der Waals surface area contributed by atoms with Crippen LogP contribution in [0.25, 0.3) is 0 Å². The molecule has 0 saturated carbocycles. The lowest BCUT2D eigenvalue weighted by Crippen LogP contribution is -2.21. The van der Waals surface area contributed by atoms with Crippen LogP contribution in [0, 0.1) is 6.92 Å². The molecule has 0 unspecified atom stereocenters. The molecule has 5 heteroatoms. The summed E-state index contributed by atoms with van der Waals surface area (Å²) in [6.07, 6.45) is 0. The highest BCUT2D eigenvalue weighted by Crippen LogP contribution is 2.21. The van der Waals surface area contributed by atoms with Crippen LogP contribution in [0.1, 0.15) is 22.8 Å². The van der Waals surface area contributed by atoms with Crippen LogP contribution in [0.2, 0.25) is 0 Å². The molecule has 0 saturated heterocycles. The first-order valence-electron chi connectivity index (χ1n) is 6.76. The Balaban J connectivity index is 2.00. The van der Waals surface area contributed by atoms with Crippen LogP contribution < -0.4 is 10.1 Å². The molecule has 0 fully saturated rings. The second kappa shape index (κ2) is 7.22. The van der Waals surface area contributed by atoms with Crippen LogP contribution in [0.15, 0.2) is 46.9 Å². The highest BCUT2D eigenvalue weighted by molar-refractivity contribution is 9.10. The lowest BCUT2D eigenvalue weighted by atomic mass is 10.1. The molecular formula is C17H16BrNO3. The maximum Gasteiger partial charge on any atom is 0.262 e. The Morgan fingerprint density at radius 2 is 1.91 bits per heavy atom. The third-order valence-electron chi connectivity index (χ3n) is 3.09. The monoisotopic (exact) mass is 361 g/mol. The number of halogens is 1. The van der Waals surface area contributed by atoms with Crippen molar-refractivity contribution in [2.24, 2.45) is 0 Å². The van der Waals surface area contributed by atoms with Crippen LogP contribution in [0.3, 0.4) is 0 Å². The smallest absolute Gasteiger partial charge is 0.262 e. The van der Waals surface area contributed by atoms with Crippen LogP contribution in [-0.4, -0.2) is 18.3 Å². The van der Waals surface area contributed by atoms with E-state index in [4.69, 9.17) is 4.74 Å². The summed E-state index contributed by atoms with van der Waals surface area (Å²) in [5, 5.41) is 2.79. The molecule has 0 atom stereocenters. The fourth-order valence-electron chi connectivity index (χ4n) is 1.98. The average Bonchev–Trinajstić information content (AvgIpc) is 2.48. The van der Waals surface area contributed by atoms with Crippen molar-refractivity contribution in [2.75, 3.05) is 11.9 Å². The first-order valence-corrected chi connectivity index (χ1v) is 7.55. The summed E-state index contributed by atoms with van der Waals surface area (Å²) in [6.45, 7) is 3.22. The number of carbonyl (C=O) groups excluding carboxylic acids is 2. The van der Waals surface area contributed by atoms with Gasteiger partial charge in [0, 0.05) is 10.2 Å². The van der Waals surface area contributed by atoms with E-state index in [1.165, 1.54) is 6.92 Å². The molecule has 0 aliphatic rings. The molecule has 2 aromatic carbocycles. The van der Waals surface area contributed by atoms with Crippen LogP contribution >= 0.6 is 15.9 Å². The Hall–Kier alpha value is -2.14. The van der Waals surface area contributed by atoms with Crippen LogP contribution in [0.4, 0.5) is 5.69 Å². The van der Waals surface area contributed by atoms with Gasteiger partial charge in [-0.25, -0.2) is 0 Å². The van der Waals surface area contributed by atoms with Crippen molar-refractivity contribution in [1.82, 2.24) is 0 Å². The Labute approximate surface area is 137 Å². The number of hydrogen-bond donors (Lipinski definition) is 1. The molecule has 4 nitrogen and oxygen atoms in total. The van der Waals surface area contributed by atoms with E-state index in [1.807, 2.05) is 25.1 Å². The third kappa shape index (κ3) is 4.18. The summed E-state index contributed by atoms with van der Waals surface area (Å²) < 4.78 is 6.41. The van der Waals surface area contributed by atoms with Gasteiger partial charge >= 0.3 is 0 Å². The maximum atomic E-state index is 12.0. The number of nitrogens with one attached hydrogen (secondary N) is 1. The number of aryl methyl sites for hydroxylation is 1. The number of anilines is 1. The molecule has 1 N–H and O–H groups in total. The predicted octanol–water partition coefficient (Wildman–Crippen LogP) is 3.98. The number of benzene rings is 2. The number of ketones is 1. The second-order valence-electron chi connectivity index (χ2n) is 4.85. The van der Waals surface area contributed by atoms with Crippen molar-refractivity contribution in [3.05, 3.63) is 58.1 Å². The molecule has 0 aliphatic carbocycles. The quantitative estimate of drug-likeness (QED) is 0.819. The Kier molecular flexibility index (Phi) is 5.33. The van der Waals surface area contributed by atoms with Gasteiger partial charge in [-0.05, 0) is 49.7 Å². The number of hydrogen-bond acceptors (Lipinski definition) is 3. The summed E-state index contributed by atoms with van der Waals surface area (Å²) in [6, 6.07) is 12.5. The van der Waals surface area contributed by atoms with E-state index in [2.05, 4.69) is 21.2 Å². The number of rotatable bonds is 5. The van der Waals surface area contributed by atoms with E-state index in [-0.39, 0.29) is 18.3 Å². The van der Waals surface area contributed by atoms with Gasteiger partial charge in [0.15, 0.2) is 12.4 Å². The van der Waals surface area contributed by atoms with Gasteiger partial charge in [-0.1, -0.05) is 28.1 Å². The van der Waals surface area contributed by atoms with Gasteiger partial charge < -0.3 is 10.1 Å². The highest BCUT2D eigenvalue weighted by Gasteiger charge is 2.10. The van der Waals surface area contributed by atoms with E-state index in [9.17, 15) is 9.59 Å². The fourth-order valence-corrected chi connectivity index (χ4v) is 2.46. The minimum absolute atomic E-state index is 0.0974. The molecule has 1 amide bonds. The van der Waals surface area contributed by atoms with E-state index in [1.54, 1.807) is 24.3 Å². The van der Waals surface area contributed by atoms with Gasteiger partial charge in [-0.15, -0.1) is 0 Å². The Morgan fingerprint density at radius 1 is 1.18 bits per heavy atom. The number of carbonyl (C=O) groups is 2. The van der Waals surface area contributed by atoms with Gasteiger partial charge in [-0.3, -0.25) is 9.59 Å². The fraction of sp³-hybridized carbons (Fsp3) is 0.176. The van der Waals surface area contributed by atoms with Crippen molar-refractivity contribution >= 4 is 33.3 Å². The minimum atomic E-state index is -0.274. The van der Waals surface area contributed by atoms with Crippen molar-refractivity contribution < 1.29 is 14.3 Å². The summed E-state index contributed by atoms with van der Waals surface area (Å²) in [5.41, 5.74) is 2.15. The van der Waals surface area contributed by atoms with Crippen molar-refractivity contribution in [2.45, 2.75) is 13.8 Å². The molecule has 114 valence electrons. The second-order valence-corrected chi connectivity index (χ2v) is 5.76. The van der Waals surface area contributed by atoms with Gasteiger partial charge in [0.2, 0.25) is 0 Å². The summed E-state index contributed by atoms with van der Waals surface area (Å²) >= 11 is 3.38. The van der Waals surface area contributed by atoms with Gasteiger partial charge in [0.25, 0.3) is 5.91 Å². The molecule has 2 rings (SSSR count). The van der Waals surface area contributed by atoms with E-state index < -0.39 is 0 Å². The third-order valence-corrected chi connectivity index (χ3v) is 3.58. The Morgan fingerprint density at radius 3 is 2.59 bits per heavy atom. The standard InChI is InChI=1S/C17H16BrNO3/c1-11-9-13(18)7-8-15(11)19-17(21)10-22-16-6-4-3-5-14(16)12(2)20/h3-9H,10H2,1-2H3,(H,19,21). The van der Waals surface area contributed by atoms with E-state index >= 15 is 0 Å². The Bertz CT molecular complexity index is 713. The minimum Gasteiger partial charge on any atom is -0.483 e. The van der Waals surface area contributed by atoms with Gasteiger partial charge in [0.1, 0.15) is 5.75 Å². The maximum absolute atomic E-state index is 12.0. The van der Waals surface area contributed by atoms with E-state index in [0.29, 0.717) is 11.3 Å². The normalized spacial score (nSPS) is 10.1. The van der Waals surface area contributed by atoms with Crippen LogP contribution in [-0.2, 0) is 4.79 Å². The highest BCUT2D eigenvalue weighted by atomic mass is 79.9. The molecule has 0 spiro atoms. The molecule has 0 heterocycles. The lowest BCUT2D eigenvalue weighted by Gasteiger charge is -2.11. The van der Waals surface area contributed by atoms with Crippen molar-refractivity contribution in [3.63, 3.8) is 0 Å². The zero-order valence-corrected chi connectivity index (χ0v) is 13.9. The van der Waals surface area contributed by atoms with Crippen LogP contribution in [0.5, 0.6) is 5.75 Å². The molecule has 0 bridgehead atoms. The zero-order valence-electron chi connectivity index (χ0n) is 12.4. The van der Waals surface area contributed by atoms with E-state index in [0.717, 1.165) is 15.7 Å².